The molecule has 0 radical (unpaired) electrons. The van der Waals surface area contributed by atoms with Crippen molar-refractivity contribution in [3.8, 4) is 11.3 Å². The molecule has 2 aromatic carbocycles. The van der Waals surface area contributed by atoms with Crippen LogP contribution < -0.4 is 5.56 Å². The molecule has 3 aromatic rings. The van der Waals surface area contributed by atoms with Crippen LogP contribution in [0.25, 0.3) is 11.3 Å². The van der Waals surface area contributed by atoms with Crippen LogP contribution in [0.5, 0.6) is 0 Å². The summed E-state index contributed by atoms with van der Waals surface area (Å²) >= 11 is 6.02. The van der Waals surface area contributed by atoms with Crippen molar-refractivity contribution in [2.24, 2.45) is 4.99 Å². The molecule has 0 saturated carbocycles. The zero-order valence-corrected chi connectivity index (χ0v) is 12.1. The topological polar surface area (TPSA) is 61.0 Å². The fourth-order valence-corrected chi connectivity index (χ4v) is 2.24. The quantitative estimate of drug-likeness (QED) is 0.707. The summed E-state index contributed by atoms with van der Waals surface area (Å²) in [5.41, 5.74) is 1.03. The van der Waals surface area contributed by atoms with Crippen LogP contribution in [0.15, 0.2) is 58.3 Å². The minimum Gasteiger partial charge on any atom is -0.297 e. The first kappa shape index (κ1) is 14.3. The zero-order chi connectivity index (χ0) is 15.5. The highest BCUT2D eigenvalue weighted by atomic mass is 35.5. The van der Waals surface area contributed by atoms with E-state index in [4.69, 9.17) is 11.6 Å². The first-order valence-electron chi connectivity index (χ1n) is 6.51. The van der Waals surface area contributed by atoms with Crippen molar-refractivity contribution in [3.63, 3.8) is 0 Å². The summed E-state index contributed by atoms with van der Waals surface area (Å²) in [4.78, 5) is 16.1. The molecule has 4 nitrogen and oxygen atoms in total. The molecule has 0 amide bonds. The van der Waals surface area contributed by atoms with Gasteiger partial charge in [0.2, 0.25) is 0 Å². The summed E-state index contributed by atoms with van der Waals surface area (Å²) in [5.74, 6) is -0.426. The number of nitrogens with zero attached hydrogens (tertiary/aromatic N) is 1. The summed E-state index contributed by atoms with van der Waals surface area (Å²) in [5, 5.41) is 5.59. The molecule has 22 heavy (non-hydrogen) atoms. The van der Waals surface area contributed by atoms with Gasteiger partial charge >= 0.3 is 0 Å². The van der Waals surface area contributed by atoms with Crippen molar-refractivity contribution in [1.29, 1.82) is 0 Å². The third kappa shape index (κ3) is 2.71. The van der Waals surface area contributed by atoms with Gasteiger partial charge in [-0.15, -0.1) is 0 Å². The van der Waals surface area contributed by atoms with E-state index in [1.165, 1.54) is 12.3 Å². The van der Waals surface area contributed by atoms with E-state index in [9.17, 15) is 9.18 Å². The second kappa shape index (κ2) is 5.99. The molecule has 2 N–H and O–H groups in total. The summed E-state index contributed by atoms with van der Waals surface area (Å²) in [7, 11) is 0. The molecule has 0 aliphatic carbocycles. The van der Waals surface area contributed by atoms with E-state index in [0.29, 0.717) is 22.0 Å². The van der Waals surface area contributed by atoms with Crippen LogP contribution in [-0.4, -0.2) is 16.4 Å². The Morgan fingerprint density at radius 1 is 1.05 bits per heavy atom. The molecule has 0 fully saturated rings. The van der Waals surface area contributed by atoms with Crippen molar-refractivity contribution < 1.29 is 4.39 Å². The molecule has 0 bridgehead atoms. The molecule has 0 aliphatic rings. The lowest BCUT2D eigenvalue weighted by molar-refractivity contribution is 0.630. The monoisotopic (exact) mass is 315 g/mol. The highest BCUT2D eigenvalue weighted by Crippen LogP contribution is 2.25. The van der Waals surface area contributed by atoms with Crippen molar-refractivity contribution in [3.05, 3.63) is 75.3 Å². The fourth-order valence-electron chi connectivity index (χ4n) is 2.06. The number of hydrogen-bond acceptors (Lipinski definition) is 2. The standard InChI is InChI=1S/C16H11ClFN3O/c17-12-6-2-4-8-14(12)19-9-11-15(20-21-16(11)22)10-5-1-3-7-13(10)18/h1-9H,(H2,20,21,22). The van der Waals surface area contributed by atoms with E-state index < -0.39 is 5.82 Å². The van der Waals surface area contributed by atoms with Gasteiger partial charge in [-0.1, -0.05) is 35.9 Å². The molecule has 0 unspecified atom stereocenters. The van der Waals surface area contributed by atoms with Crippen LogP contribution in [0.3, 0.4) is 0 Å². The third-order valence-electron chi connectivity index (χ3n) is 3.14. The van der Waals surface area contributed by atoms with E-state index >= 15 is 0 Å². The Morgan fingerprint density at radius 2 is 1.77 bits per heavy atom. The van der Waals surface area contributed by atoms with Crippen molar-refractivity contribution in [2.75, 3.05) is 0 Å². The normalized spacial score (nSPS) is 11.2. The number of aromatic nitrogens is 2. The maximum atomic E-state index is 13.9. The predicted octanol–water partition coefficient (Wildman–Crippen LogP) is 3.91. The number of H-pyrrole nitrogens is 2. The van der Waals surface area contributed by atoms with Crippen molar-refractivity contribution >= 4 is 23.5 Å². The molecular weight excluding hydrogens is 305 g/mol. The Balaban J connectivity index is 2.06. The van der Waals surface area contributed by atoms with Gasteiger partial charge in [-0.05, 0) is 24.3 Å². The minimum atomic E-state index is -0.426. The lowest BCUT2D eigenvalue weighted by Crippen LogP contribution is -2.05. The summed E-state index contributed by atoms with van der Waals surface area (Å²) in [6.45, 7) is 0. The van der Waals surface area contributed by atoms with Crippen molar-refractivity contribution in [2.45, 2.75) is 0 Å². The van der Waals surface area contributed by atoms with Gasteiger partial charge in [-0.3, -0.25) is 20.0 Å². The Hall–Kier alpha value is -2.66. The zero-order valence-electron chi connectivity index (χ0n) is 11.3. The molecule has 1 heterocycles. The Morgan fingerprint density at radius 3 is 2.55 bits per heavy atom. The smallest absolute Gasteiger partial charge is 0.273 e. The number of rotatable bonds is 3. The van der Waals surface area contributed by atoms with Gasteiger partial charge < -0.3 is 0 Å². The van der Waals surface area contributed by atoms with E-state index in [1.807, 2.05) is 0 Å². The van der Waals surface area contributed by atoms with Gasteiger partial charge in [0.15, 0.2) is 0 Å². The number of para-hydroxylation sites is 1. The Kier molecular flexibility index (Phi) is 3.89. The van der Waals surface area contributed by atoms with Gasteiger partial charge in [0, 0.05) is 11.8 Å². The molecule has 0 saturated heterocycles. The maximum absolute atomic E-state index is 13.9. The molecular formula is C16H11ClFN3O. The molecule has 110 valence electrons. The van der Waals surface area contributed by atoms with Crippen LogP contribution >= 0.6 is 11.6 Å². The van der Waals surface area contributed by atoms with Crippen LogP contribution in [0.2, 0.25) is 5.02 Å². The molecule has 0 atom stereocenters. The largest absolute Gasteiger partial charge is 0.297 e. The number of nitrogens with one attached hydrogen (secondary N) is 2. The highest BCUT2D eigenvalue weighted by Gasteiger charge is 2.13. The fraction of sp³-hybridized carbons (Fsp3) is 0. The summed E-state index contributed by atoms with van der Waals surface area (Å²) in [6, 6.07) is 13.2. The van der Waals surface area contributed by atoms with Gasteiger partial charge in [0.05, 0.1) is 22.0 Å². The highest BCUT2D eigenvalue weighted by molar-refractivity contribution is 6.33. The van der Waals surface area contributed by atoms with E-state index in [2.05, 4.69) is 15.2 Å². The van der Waals surface area contributed by atoms with Gasteiger partial charge in [0.25, 0.3) is 5.56 Å². The van der Waals surface area contributed by atoms with Gasteiger partial charge in [-0.2, -0.15) is 0 Å². The number of aliphatic imine (C=N–C) groups is 1. The number of hydrogen-bond donors (Lipinski definition) is 2. The number of halogens is 2. The average Bonchev–Trinajstić information content (AvgIpc) is 2.88. The van der Waals surface area contributed by atoms with Crippen LogP contribution in [-0.2, 0) is 0 Å². The SMILES string of the molecule is O=c1[nH][nH]c(-c2ccccc2F)c1C=Nc1ccccc1Cl. The Labute approximate surface area is 130 Å². The van der Waals surface area contributed by atoms with E-state index in [0.717, 1.165) is 0 Å². The number of benzene rings is 2. The van der Waals surface area contributed by atoms with E-state index in [-0.39, 0.29) is 11.1 Å². The molecule has 0 aliphatic heterocycles. The Bertz CT molecular complexity index is 898. The second-order valence-corrected chi connectivity index (χ2v) is 4.96. The first-order chi connectivity index (χ1) is 10.7. The first-order valence-corrected chi connectivity index (χ1v) is 6.89. The number of aromatic amines is 2. The average molecular weight is 316 g/mol. The minimum absolute atomic E-state index is 0.241. The molecule has 0 spiro atoms. The second-order valence-electron chi connectivity index (χ2n) is 4.56. The molecule has 3 rings (SSSR count). The molecule has 1 aromatic heterocycles. The van der Waals surface area contributed by atoms with E-state index in [1.54, 1.807) is 42.5 Å². The van der Waals surface area contributed by atoms with Crippen LogP contribution in [0.4, 0.5) is 10.1 Å². The predicted molar refractivity (Wildman–Crippen MR) is 85.5 cm³/mol. The van der Waals surface area contributed by atoms with Crippen LogP contribution in [0, 0.1) is 5.82 Å². The maximum Gasteiger partial charge on any atom is 0.273 e. The van der Waals surface area contributed by atoms with Gasteiger partial charge in [-0.25, -0.2) is 4.39 Å². The van der Waals surface area contributed by atoms with Crippen molar-refractivity contribution in [1.82, 2.24) is 10.2 Å². The van der Waals surface area contributed by atoms with Crippen LogP contribution in [0.1, 0.15) is 5.56 Å². The van der Waals surface area contributed by atoms with Gasteiger partial charge in [0.1, 0.15) is 5.82 Å². The third-order valence-corrected chi connectivity index (χ3v) is 3.46. The molecule has 6 heteroatoms. The summed E-state index contributed by atoms with van der Waals surface area (Å²) < 4.78 is 13.9. The lowest BCUT2D eigenvalue weighted by atomic mass is 10.1. The lowest BCUT2D eigenvalue weighted by Gasteiger charge is -2.01. The summed E-state index contributed by atoms with van der Waals surface area (Å²) in [6.07, 6.45) is 1.37.